The molecule has 0 saturated carbocycles. The van der Waals surface area contributed by atoms with Crippen LogP contribution < -0.4 is 10.5 Å². The van der Waals surface area contributed by atoms with Crippen LogP contribution >= 0.6 is 0 Å². The van der Waals surface area contributed by atoms with Gasteiger partial charge in [-0.3, -0.25) is 5.10 Å². The minimum Gasteiger partial charge on any atom is -0.496 e. The zero-order valence-corrected chi connectivity index (χ0v) is 9.75. The number of benzene rings is 1. The molecule has 3 N–H and O–H groups in total. The Morgan fingerprint density at radius 1 is 1.41 bits per heavy atom. The third-order valence-corrected chi connectivity index (χ3v) is 2.71. The van der Waals surface area contributed by atoms with E-state index in [-0.39, 0.29) is 5.82 Å². The first-order chi connectivity index (χ1) is 8.17. The molecule has 5 heteroatoms. The Labute approximate surface area is 98.6 Å². The summed E-state index contributed by atoms with van der Waals surface area (Å²) in [5.74, 6) is 0.625. The quantitative estimate of drug-likeness (QED) is 0.858. The van der Waals surface area contributed by atoms with Crippen molar-refractivity contribution in [3.05, 3.63) is 29.7 Å². The summed E-state index contributed by atoms with van der Waals surface area (Å²) in [4.78, 5) is 0. The topological polar surface area (TPSA) is 63.9 Å². The number of nitrogens with two attached hydrogens (primary N) is 1. The van der Waals surface area contributed by atoms with Crippen LogP contribution in [0.4, 0.5) is 10.2 Å². The standard InChI is InChI=1S/C12H14FN3O/c1-3-7-4-8(9-6-15-16-12(9)14)11(17-2)5-10(7)13/h4-6H,3H2,1-2H3,(H3,14,15,16). The molecule has 0 aliphatic rings. The molecule has 1 aromatic heterocycles. The van der Waals surface area contributed by atoms with E-state index >= 15 is 0 Å². The number of aryl methyl sites for hydroxylation is 1. The lowest BCUT2D eigenvalue weighted by atomic mass is 10.0. The van der Waals surface area contributed by atoms with Gasteiger partial charge in [0.05, 0.1) is 13.3 Å². The molecule has 0 saturated heterocycles. The highest BCUT2D eigenvalue weighted by molar-refractivity contribution is 5.78. The molecular formula is C12H14FN3O. The second-order valence-corrected chi connectivity index (χ2v) is 3.69. The van der Waals surface area contributed by atoms with E-state index in [1.165, 1.54) is 13.2 Å². The molecule has 17 heavy (non-hydrogen) atoms. The van der Waals surface area contributed by atoms with Crippen LogP contribution in [0.3, 0.4) is 0 Å². The molecule has 0 aliphatic heterocycles. The number of H-pyrrole nitrogens is 1. The van der Waals surface area contributed by atoms with Gasteiger partial charge in [-0.25, -0.2) is 4.39 Å². The zero-order chi connectivity index (χ0) is 12.4. The van der Waals surface area contributed by atoms with Crippen LogP contribution in [-0.2, 0) is 6.42 Å². The SMILES string of the molecule is CCc1cc(-c2cn[nH]c2N)c(OC)cc1F. The lowest BCUT2D eigenvalue weighted by Crippen LogP contribution is -1.96. The van der Waals surface area contributed by atoms with Gasteiger partial charge in [0.2, 0.25) is 0 Å². The molecule has 0 atom stereocenters. The van der Waals surface area contributed by atoms with Crippen molar-refractivity contribution in [2.24, 2.45) is 0 Å². The average molecular weight is 235 g/mol. The molecular weight excluding hydrogens is 221 g/mol. The Kier molecular flexibility index (Phi) is 2.99. The van der Waals surface area contributed by atoms with Crippen molar-refractivity contribution >= 4 is 5.82 Å². The fourth-order valence-corrected chi connectivity index (χ4v) is 1.76. The van der Waals surface area contributed by atoms with Crippen LogP contribution in [0.5, 0.6) is 5.75 Å². The van der Waals surface area contributed by atoms with Crippen LogP contribution in [0.15, 0.2) is 18.3 Å². The van der Waals surface area contributed by atoms with Crippen LogP contribution in [0.1, 0.15) is 12.5 Å². The fraction of sp³-hybridized carbons (Fsp3) is 0.250. The van der Waals surface area contributed by atoms with E-state index in [1.807, 2.05) is 6.92 Å². The predicted octanol–water partition coefficient (Wildman–Crippen LogP) is 2.37. The number of ether oxygens (including phenoxy) is 1. The number of anilines is 1. The fourth-order valence-electron chi connectivity index (χ4n) is 1.76. The Morgan fingerprint density at radius 2 is 2.18 bits per heavy atom. The average Bonchev–Trinajstić information content (AvgIpc) is 2.75. The number of rotatable bonds is 3. The van der Waals surface area contributed by atoms with Crippen molar-refractivity contribution < 1.29 is 9.13 Å². The minimum absolute atomic E-state index is 0.268. The van der Waals surface area contributed by atoms with E-state index in [4.69, 9.17) is 10.5 Å². The highest BCUT2D eigenvalue weighted by Crippen LogP contribution is 2.34. The Balaban J connectivity index is 2.63. The van der Waals surface area contributed by atoms with Crippen LogP contribution in [0.25, 0.3) is 11.1 Å². The summed E-state index contributed by atoms with van der Waals surface area (Å²) in [6.45, 7) is 1.90. The molecule has 1 aromatic carbocycles. The number of aromatic amines is 1. The second kappa shape index (κ2) is 4.45. The lowest BCUT2D eigenvalue weighted by molar-refractivity contribution is 0.412. The molecule has 0 spiro atoms. The van der Waals surface area contributed by atoms with Crippen LogP contribution in [0, 0.1) is 5.82 Å². The summed E-state index contributed by atoms with van der Waals surface area (Å²) in [6.07, 6.45) is 2.21. The van der Waals surface area contributed by atoms with Gasteiger partial charge in [0.1, 0.15) is 17.4 Å². The summed E-state index contributed by atoms with van der Waals surface area (Å²) in [5, 5.41) is 6.50. The first kappa shape index (κ1) is 11.4. The van der Waals surface area contributed by atoms with E-state index in [0.29, 0.717) is 23.6 Å². The van der Waals surface area contributed by atoms with Crippen molar-refractivity contribution in [1.82, 2.24) is 10.2 Å². The van der Waals surface area contributed by atoms with Gasteiger partial charge in [0.15, 0.2) is 0 Å². The summed E-state index contributed by atoms with van der Waals surface area (Å²) >= 11 is 0. The van der Waals surface area contributed by atoms with Crippen LogP contribution in [-0.4, -0.2) is 17.3 Å². The normalized spacial score (nSPS) is 10.5. The molecule has 1 heterocycles. The van der Waals surface area contributed by atoms with Crippen LogP contribution in [0.2, 0.25) is 0 Å². The van der Waals surface area contributed by atoms with E-state index in [1.54, 1.807) is 12.3 Å². The van der Waals surface area contributed by atoms with Gasteiger partial charge in [-0.1, -0.05) is 6.92 Å². The van der Waals surface area contributed by atoms with Gasteiger partial charge < -0.3 is 10.5 Å². The Hall–Kier alpha value is -2.04. The number of nitrogens with zero attached hydrogens (tertiary/aromatic N) is 1. The molecule has 0 unspecified atom stereocenters. The first-order valence-electron chi connectivity index (χ1n) is 5.33. The van der Waals surface area contributed by atoms with Crippen molar-refractivity contribution in [3.63, 3.8) is 0 Å². The molecule has 2 rings (SSSR count). The maximum absolute atomic E-state index is 13.6. The van der Waals surface area contributed by atoms with Gasteiger partial charge in [-0.05, 0) is 18.1 Å². The lowest BCUT2D eigenvalue weighted by Gasteiger charge is -2.10. The van der Waals surface area contributed by atoms with Crippen molar-refractivity contribution in [2.45, 2.75) is 13.3 Å². The van der Waals surface area contributed by atoms with Gasteiger partial charge >= 0.3 is 0 Å². The number of hydrogen-bond acceptors (Lipinski definition) is 3. The summed E-state index contributed by atoms with van der Waals surface area (Å²) in [5.41, 5.74) is 7.85. The molecule has 0 bridgehead atoms. The monoisotopic (exact) mass is 235 g/mol. The van der Waals surface area contributed by atoms with Gasteiger partial charge in [-0.15, -0.1) is 0 Å². The highest BCUT2D eigenvalue weighted by atomic mass is 19.1. The molecule has 2 aromatic rings. The third-order valence-electron chi connectivity index (χ3n) is 2.71. The van der Waals surface area contributed by atoms with E-state index in [9.17, 15) is 4.39 Å². The van der Waals surface area contributed by atoms with Crippen molar-refractivity contribution in [3.8, 4) is 16.9 Å². The number of nitrogen functional groups attached to an aromatic ring is 1. The molecule has 0 fully saturated rings. The van der Waals surface area contributed by atoms with Gasteiger partial charge in [0, 0.05) is 17.2 Å². The minimum atomic E-state index is -0.268. The van der Waals surface area contributed by atoms with Gasteiger partial charge in [0.25, 0.3) is 0 Å². The predicted molar refractivity (Wildman–Crippen MR) is 64.3 cm³/mol. The molecule has 0 radical (unpaired) electrons. The Bertz CT molecular complexity index is 537. The number of nitrogens with one attached hydrogen (secondary N) is 1. The van der Waals surface area contributed by atoms with E-state index < -0.39 is 0 Å². The molecule has 0 aliphatic carbocycles. The smallest absolute Gasteiger partial charge is 0.130 e. The summed E-state index contributed by atoms with van der Waals surface area (Å²) in [7, 11) is 1.50. The number of halogens is 1. The highest BCUT2D eigenvalue weighted by Gasteiger charge is 2.14. The summed E-state index contributed by atoms with van der Waals surface area (Å²) < 4.78 is 18.8. The molecule has 4 nitrogen and oxygen atoms in total. The molecule has 90 valence electrons. The van der Waals surface area contributed by atoms with E-state index in [2.05, 4.69) is 10.2 Å². The number of hydrogen-bond donors (Lipinski definition) is 2. The third kappa shape index (κ3) is 1.95. The second-order valence-electron chi connectivity index (χ2n) is 3.69. The van der Waals surface area contributed by atoms with E-state index in [0.717, 1.165) is 11.1 Å². The number of methoxy groups -OCH3 is 1. The van der Waals surface area contributed by atoms with Crippen molar-refractivity contribution in [2.75, 3.05) is 12.8 Å². The van der Waals surface area contributed by atoms with Crippen molar-refractivity contribution in [1.29, 1.82) is 0 Å². The maximum Gasteiger partial charge on any atom is 0.130 e. The largest absolute Gasteiger partial charge is 0.496 e. The first-order valence-corrected chi connectivity index (χ1v) is 5.33. The van der Waals surface area contributed by atoms with Gasteiger partial charge in [-0.2, -0.15) is 5.10 Å². The maximum atomic E-state index is 13.6. The summed E-state index contributed by atoms with van der Waals surface area (Å²) in [6, 6.07) is 3.12. The Morgan fingerprint density at radius 3 is 2.71 bits per heavy atom. The zero-order valence-electron chi connectivity index (χ0n) is 9.75. The molecule has 0 amide bonds. The number of aromatic nitrogens is 2.